The number of rotatable bonds is 4. The molecule has 1 saturated carbocycles. The molecule has 0 aromatic heterocycles. The van der Waals surface area contributed by atoms with Crippen molar-refractivity contribution in [1.82, 2.24) is 5.32 Å². The first-order valence-corrected chi connectivity index (χ1v) is 7.58. The monoisotopic (exact) mass is 309 g/mol. The van der Waals surface area contributed by atoms with E-state index in [4.69, 9.17) is 11.6 Å². The van der Waals surface area contributed by atoms with E-state index in [1.807, 2.05) is 12.1 Å². The van der Waals surface area contributed by atoms with E-state index in [9.17, 15) is 9.59 Å². The van der Waals surface area contributed by atoms with Crippen molar-refractivity contribution in [1.29, 1.82) is 0 Å². The molecule has 21 heavy (non-hydrogen) atoms. The van der Waals surface area contributed by atoms with Crippen LogP contribution in [0, 0.1) is 5.92 Å². The van der Waals surface area contributed by atoms with Gasteiger partial charge in [-0.1, -0.05) is 23.7 Å². The highest BCUT2D eigenvalue weighted by Gasteiger charge is 2.27. The molecule has 0 unspecified atom stereocenters. The molecule has 1 amide bonds. The summed E-state index contributed by atoms with van der Waals surface area (Å²) in [5.41, 5.74) is 1.29. The fraction of sp³-hybridized carbons (Fsp3) is 0.500. The van der Waals surface area contributed by atoms with Crippen LogP contribution in [0.1, 0.15) is 37.2 Å². The van der Waals surface area contributed by atoms with Gasteiger partial charge in [0.05, 0.1) is 7.11 Å². The zero-order valence-corrected chi connectivity index (χ0v) is 12.9. The fourth-order valence-electron chi connectivity index (χ4n) is 2.80. The van der Waals surface area contributed by atoms with Gasteiger partial charge in [0.2, 0.25) is 5.91 Å². The van der Waals surface area contributed by atoms with E-state index >= 15 is 0 Å². The van der Waals surface area contributed by atoms with Crippen LogP contribution in [-0.2, 0) is 14.3 Å². The second-order valence-electron chi connectivity index (χ2n) is 5.39. The number of benzene rings is 1. The Labute approximate surface area is 129 Å². The lowest BCUT2D eigenvalue weighted by molar-refractivity contribution is -0.141. The molecule has 0 radical (unpaired) electrons. The molecular weight excluding hydrogens is 290 g/mol. The summed E-state index contributed by atoms with van der Waals surface area (Å²) >= 11 is 5.90. The lowest BCUT2D eigenvalue weighted by Gasteiger charge is -2.28. The normalized spacial score (nSPS) is 21.6. The minimum atomic E-state index is -0.418. The first-order chi connectivity index (χ1) is 10.1. The molecule has 1 N–H and O–H groups in total. The number of methoxy groups -OCH3 is 1. The van der Waals surface area contributed by atoms with E-state index in [1.54, 1.807) is 0 Å². The summed E-state index contributed by atoms with van der Waals surface area (Å²) in [6.45, 7) is -0.0492. The molecule has 0 atom stereocenters. The van der Waals surface area contributed by atoms with E-state index in [0.29, 0.717) is 5.92 Å². The third-order valence-corrected chi connectivity index (χ3v) is 4.33. The molecular formula is C16H20ClNO3. The van der Waals surface area contributed by atoms with Crippen LogP contribution in [0.2, 0.25) is 5.02 Å². The highest BCUT2D eigenvalue weighted by molar-refractivity contribution is 6.30. The first kappa shape index (κ1) is 15.8. The van der Waals surface area contributed by atoms with Crippen molar-refractivity contribution < 1.29 is 14.3 Å². The molecule has 2 rings (SSSR count). The number of hydrogen-bond acceptors (Lipinski definition) is 3. The maximum absolute atomic E-state index is 12.0. The van der Waals surface area contributed by atoms with Crippen LogP contribution in [0.25, 0.3) is 0 Å². The van der Waals surface area contributed by atoms with E-state index in [0.717, 1.165) is 30.7 Å². The van der Waals surface area contributed by atoms with E-state index in [-0.39, 0.29) is 18.4 Å². The Bertz CT molecular complexity index is 493. The largest absolute Gasteiger partial charge is 0.468 e. The van der Waals surface area contributed by atoms with Gasteiger partial charge in [-0.3, -0.25) is 9.59 Å². The topological polar surface area (TPSA) is 55.4 Å². The van der Waals surface area contributed by atoms with Crippen LogP contribution in [0.15, 0.2) is 24.3 Å². The molecule has 4 nitrogen and oxygen atoms in total. The predicted octanol–water partition coefficient (Wildman–Crippen LogP) is 2.90. The minimum Gasteiger partial charge on any atom is -0.468 e. The highest BCUT2D eigenvalue weighted by Crippen LogP contribution is 2.36. The molecule has 1 aromatic carbocycles. The summed E-state index contributed by atoms with van der Waals surface area (Å²) < 4.78 is 4.51. The van der Waals surface area contributed by atoms with Crippen molar-refractivity contribution in [2.45, 2.75) is 31.6 Å². The van der Waals surface area contributed by atoms with Gasteiger partial charge in [-0.25, -0.2) is 0 Å². The molecule has 1 fully saturated rings. The third kappa shape index (κ3) is 4.46. The smallest absolute Gasteiger partial charge is 0.325 e. The van der Waals surface area contributed by atoms with Crippen LogP contribution in [0.3, 0.4) is 0 Å². The Kier molecular flexibility index (Phi) is 5.62. The van der Waals surface area contributed by atoms with Crippen LogP contribution in [0.4, 0.5) is 0 Å². The van der Waals surface area contributed by atoms with Gasteiger partial charge in [-0.2, -0.15) is 0 Å². The zero-order valence-electron chi connectivity index (χ0n) is 12.1. The van der Waals surface area contributed by atoms with Crippen molar-refractivity contribution in [3.8, 4) is 0 Å². The zero-order chi connectivity index (χ0) is 15.2. The van der Waals surface area contributed by atoms with Gasteiger partial charge >= 0.3 is 5.97 Å². The number of esters is 1. The fourth-order valence-corrected chi connectivity index (χ4v) is 2.93. The van der Waals surface area contributed by atoms with Crippen molar-refractivity contribution in [3.63, 3.8) is 0 Å². The van der Waals surface area contributed by atoms with E-state index in [1.165, 1.54) is 12.7 Å². The number of ether oxygens (including phenoxy) is 1. The number of nitrogens with one attached hydrogen (secondary N) is 1. The quantitative estimate of drug-likeness (QED) is 0.870. The van der Waals surface area contributed by atoms with E-state index < -0.39 is 5.97 Å². The summed E-state index contributed by atoms with van der Waals surface area (Å²) in [5, 5.41) is 3.38. The second-order valence-corrected chi connectivity index (χ2v) is 5.83. The molecule has 0 heterocycles. The van der Waals surface area contributed by atoms with Crippen LogP contribution in [-0.4, -0.2) is 25.5 Å². The minimum absolute atomic E-state index is 0.00166. The van der Waals surface area contributed by atoms with Gasteiger partial charge in [0, 0.05) is 10.9 Å². The molecule has 5 heteroatoms. The molecule has 114 valence electrons. The summed E-state index contributed by atoms with van der Waals surface area (Å²) in [5.74, 6) is 0.0262. The Morgan fingerprint density at radius 1 is 1.19 bits per heavy atom. The van der Waals surface area contributed by atoms with Crippen molar-refractivity contribution >= 4 is 23.5 Å². The molecule has 1 aliphatic carbocycles. The lowest BCUT2D eigenvalue weighted by atomic mass is 9.78. The molecule has 0 spiro atoms. The average Bonchev–Trinajstić information content (AvgIpc) is 2.53. The molecule has 0 saturated heterocycles. The second kappa shape index (κ2) is 7.46. The highest BCUT2D eigenvalue weighted by atomic mass is 35.5. The Balaban J connectivity index is 1.81. The number of halogens is 1. The van der Waals surface area contributed by atoms with E-state index in [2.05, 4.69) is 22.2 Å². The number of carbonyl (C=O) groups is 2. The molecule has 0 aliphatic heterocycles. The van der Waals surface area contributed by atoms with Gasteiger partial charge < -0.3 is 10.1 Å². The maximum atomic E-state index is 12.0. The van der Waals surface area contributed by atoms with Crippen LogP contribution >= 0.6 is 11.6 Å². The predicted molar refractivity (Wildman–Crippen MR) is 81.2 cm³/mol. The lowest BCUT2D eigenvalue weighted by Crippen LogP contribution is -2.36. The van der Waals surface area contributed by atoms with Gasteiger partial charge in [0.25, 0.3) is 0 Å². The Morgan fingerprint density at radius 3 is 2.38 bits per heavy atom. The van der Waals surface area contributed by atoms with Crippen molar-refractivity contribution in [3.05, 3.63) is 34.9 Å². The SMILES string of the molecule is COC(=O)CNC(=O)C1CCC(c2ccc(Cl)cc2)CC1. The standard InChI is InChI=1S/C16H20ClNO3/c1-21-15(19)10-18-16(20)13-4-2-11(3-5-13)12-6-8-14(17)9-7-12/h6-9,11,13H,2-5,10H2,1H3,(H,18,20). The number of amides is 1. The summed E-state index contributed by atoms with van der Waals surface area (Å²) in [6, 6.07) is 7.94. The first-order valence-electron chi connectivity index (χ1n) is 7.20. The van der Waals surface area contributed by atoms with Crippen molar-refractivity contribution in [2.75, 3.05) is 13.7 Å². The van der Waals surface area contributed by atoms with Crippen LogP contribution < -0.4 is 5.32 Å². The third-order valence-electron chi connectivity index (χ3n) is 4.07. The van der Waals surface area contributed by atoms with Gasteiger partial charge in [-0.15, -0.1) is 0 Å². The molecule has 0 bridgehead atoms. The average molecular weight is 310 g/mol. The van der Waals surface area contributed by atoms with Crippen molar-refractivity contribution in [2.24, 2.45) is 5.92 Å². The van der Waals surface area contributed by atoms with Crippen LogP contribution in [0.5, 0.6) is 0 Å². The van der Waals surface area contributed by atoms with Gasteiger partial charge in [0.15, 0.2) is 0 Å². The Hall–Kier alpha value is -1.55. The maximum Gasteiger partial charge on any atom is 0.325 e. The number of carbonyl (C=O) groups excluding carboxylic acids is 2. The summed E-state index contributed by atoms with van der Waals surface area (Å²) in [6.07, 6.45) is 3.66. The molecule has 1 aromatic rings. The van der Waals surface area contributed by atoms with Gasteiger partial charge in [-0.05, 0) is 49.3 Å². The summed E-state index contributed by atoms with van der Waals surface area (Å²) in [4.78, 5) is 23.0. The Morgan fingerprint density at radius 2 is 1.81 bits per heavy atom. The molecule has 1 aliphatic rings. The van der Waals surface area contributed by atoms with Gasteiger partial charge in [0.1, 0.15) is 6.54 Å². The summed E-state index contributed by atoms with van der Waals surface area (Å²) in [7, 11) is 1.31. The number of hydrogen-bond donors (Lipinski definition) is 1.